The van der Waals surface area contributed by atoms with Crippen LogP contribution in [0.4, 0.5) is 0 Å². The van der Waals surface area contributed by atoms with Crippen LogP contribution in [-0.2, 0) is 19.9 Å². The standard InChI is InChI=1S/C10H20N2O.C9H17NO2.C9H19N.C7H12N2/c1-10(2,3)8-12-6-5-11(4)7-9(12)13;1-9(2,3)7-10-4-5-12-6-8(10)11;1-9(2,3)8-4-6-10-7-5-8;1-7(2,3)9-6-4-5-8-9/h5-8H2,1-4H3;4-7H2,1-3H3;8,10H,4-7H2,1-3H3;4-6H,1-3H3. The highest BCUT2D eigenvalue weighted by Gasteiger charge is 2.26. The first-order valence-electron chi connectivity index (χ1n) is 16.6. The van der Waals surface area contributed by atoms with Gasteiger partial charge in [-0.15, -0.1) is 0 Å². The van der Waals surface area contributed by atoms with Crippen molar-refractivity contribution in [3.63, 3.8) is 0 Å². The minimum absolute atomic E-state index is 0.121. The van der Waals surface area contributed by atoms with E-state index in [1.807, 2.05) is 33.8 Å². The Labute approximate surface area is 270 Å². The number of carbonyl (C=O) groups is 2. The average Bonchev–Trinajstić information content (AvgIpc) is 3.43. The first kappa shape index (κ1) is 40.1. The summed E-state index contributed by atoms with van der Waals surface area (Å²) in [5, 5.41) is 7.49. The highest BCUT2D eigenvalue weighted by molar-refractivity contribution is 5.79. The molecule has 3 fully saturated rings. The second kappa shape index (κ2) is 17.7. The highest BCUT2D eigenvalue weighted by atomic mass is 16.5. The van der Waals surface area contributed by atoms with Gasteiger partial charge in [-0.2, -0.15) is 5.10 Å². The van der Waals surface area contributed by atoms with E-state index in [4.69, 9.17) is 4.74 Å². The molecule has 9 nitrogen and oxygen atoms in total. The van der Waals surface area contributed by atoms with Crippen molar-refractivity contribution in [1.82, 2.24) is 29.8 Å². The van der Waals surface area contributed by atoms with E-state index in [2.05, 4.69) is 98.4 Å². The zero-order valence-corrected chi connectivity index (χ0v) is 30.8. The van der Waals surface area contributed by atoms with Gasteiger partial charge in [0.2, 0.25) is 11.8 Å². The van der Waals surface area contributed by atoms with Crippen molar-refractivity contribution in [2.45, 2.75) is 101 Å². The van der Waals surface area contributed by atoms with Crippen molar-refractivity contribution in [1.29, 1.82) is 0 Å². The molecule has 1 N–H and O–H groups in total. The smallest absolute Gasteiger partial charge is 0.248 e. The van der Waals surface area contributed by atoms with Gasteiger partial charge in [-0.25, -0.2) is 0 Å². The van der Waals surface area contributed by atoms with Gasteiger partial charge < -0.3 is 19.9 Å². The van der Waals surface area contributed by atoms with Crippen molar-refractivity contribution in [3.05, 3.63) is 18.5 Å². The van der Waals surface area contributed by atoms with Crippen LogP contribution in [0.2, 0.25) is 0 Å². The summed E-state index contributed by atoms with van der Waals surface area (Å²) < 4.78 is 6.97. The summed E-state index contributed by atoms with van der Waals surface area (Å²) in [6, 6.07) is 1.94. The molecule has 2 amide bonds. The van der Waals surface area contributed by atoms with Gasteiger partial charge in [0.15, 0.2) is 0 Å². The summed E-state index contributed by atoms with van der Waals surface area (Å²) in [5.41, 5.74) is 1.06. The Kier molecular flexibility index (Phi) is 16.1. The Bertz CT molecular complexity index is 945. The third kappa shape index (κ3) is 17.5. The molecule has 256 valence electrons. The van der Waals surface area contributed by atoms with Gasteiger partial charge >= 0.3 is 0 Å². The molecular formula is C35H68N6O3. The van der Waals surface area contributed by atoms with Crippen LogP contribution in [0.3, 0.4) is 0 Å². The van der Waals surface area contributed by atoms with Crippen LogP contribution in [0.15, 0.2) is 18.5 Å². The molecule has 0 bridgehead atoms. The predicted octanol–water partition coefficient (Wildman–Crippen LogP) is 5.37. The average molecular weight is 621 g/mol. The molecule has 0 saturated carbocycles. The van der Waals surface area contributed by atoms with Gasteiger partial charge in [-0.1, -0.05) is 62.3 Å². The lowest BCUT2D eigenvalue weighted by Gasteiger charge is -2.36. The zero-order chi connectivity index (χ0) is 33.8. The number of ether oxygens (including phenoxy) is 1. The molecule has 9 heteroatoms. The van der Waals surface area contributed by atoms with E-state index in [9.17, 15) is 9.59 Å². The largest absolute Gasteiger partial charge is 0.370 e. The van der Waals surface area contributed by atoms with Crippen molar-refractivity contribution in [3.8, 4) is 0 Å². The molecule has 0 aliphatic carbocycles. The zero-order valence-electron chi connectivity index (χ0n) is 30.8. The van der Waals surface area contributed by atoms with Crippen LogP contribution in [0, 0.1) is 22.2 Å². The maximum atomic E-state index is 11.6. The highest BCUT2D eigenvalue weighted by Crippen LogP contribution is 2.32. The minimum Gasteiger partial charge on any atom is -0.370 e. The van der Waals surface area contributed by atoms with Gasteiger partial charge in [0.25, 0.3) is 0 Å². The Balaban J connectivity index is 0.000000296. The second-order valence-corrected chi connectivity index (χ2v) is 17.1. The third-order valence-corrected chi connectivity index (χ3v) is 7.68. The number of piperidine rings is 1. The van der Waals surface area contributed by atoms with Gasteiger partial charge in [-0.3, -0.25) is 19.2 Å². The van der Waals surface area contributed by atoms with E-state index in [1.165, 1.54) is 25.9 Å². The van der Waals surface area contributed by atoms with Crippen molar-refractivity contribution >= 4 is 11.8 Å². The number of morpholine rings is 1. The lowest BCUT2D eigenvalue weighted by atomic mass is 9.76. The number of aromatic nitrogens is 2. The molecule has 44 heavy (non-hydrogen) atoms. The number of amides is 2. The number of piperazine rings is 1. The van der Waals surface area contributed by atoms with Crippen LogP contribution in [-0.4, -0.2) is 109 Å². The molecule has 4 heterocycles. The number of carbonyl (C=O) groups excluding carboxylic acids is 2. The van der Waals surface area contributed by atoms with Crippen molar-refractivity contribution < 1.29 is 14.3 Å². The molecule has 1 aromatic heterocycles. The molecule has 1 aromatic rings. The van der Waals surface area contributed by atoms with Gasteiger partial charge in [0.05, 0.1) is 18.7 Å². The van der Waals surface area contributed by atoms with Crippen molar-refractivity contribution in [2.24, 2.45) is 22.2 Å². The molecule has 0 aromatic carbocycles. The Morgan fingerprint density at radius 2 is 1.36 bits per heavy atom. The normalized spacial score (nSPS) is 19.3. The van der Waals surface area contributed by atoms with Crippen LogP contribution in [0.1, 0.15) is 95.9 Å². The lowest BCUT2D eigenvalue weighted by molar-refractivity contribution is -0.144. The maximum absolute atomic E-state index is 11.6. The van der Waals surface area contributed by atoms with Gasteiger partial charge in [0, 0.05) is 45.1 Å². The fourth-order valence-corrected chi connectivity index (χ4v) is 5.21. The molecule has 3 aliphatic heterocycles. The topological polar surface area (TPSA) is 82.9 Å². The Hall–Kier alpha value is -1.97. The number of likely N-dealkylation sites (N-methyl/N-ethyl adjacent to an activating group) is 1. The van der Waals surface area contributed by atoms with Crippen LogP contribution in [0.5, 0.6) is 0 Å². The molecule has 0 radical (unpaired) electrons. The predicted molar refractivity (Wildman–Crippen MR) is 183 cm³/mol. The SMILES string of the molecule is CC(C)(C)C1CCNCC1.CC(C)(C)CN1CCOCC1=O.CC(C)(C)n1cccn1.CN1CCN(CC(C)(C)C)C(=O)C1. The first-order valence-corrected chi connectivity index (χ1v) is 16.6. The summed E-state index contributed by atoms with van der Waals surface area (Å²) >= 11 is 0. The molecule has 0 spiro atoms. The van der Waals surface area contributed by atoms with Crippen LogP contribution >= 0.6 is 0 Å². The summed E-state index contributed by atoms with van der Waals surface area (Å²) in [7, 11) is 1.99. The Morgan fingerprint density at radius 1 is 0.818 bits per heavy atom. The minimum atomic E-state index is 0.121. The van der Waals surface area contributed by atoms with E-state index in [0.29, 0.717) is 18.6 Å². The summed E-state index contributed by atoms with van der Waals surface area (Å²) in [4.78, 5) is 28.8. The first-order chi connectivity index (χ1) is 20.1. The number of hydrogen-bond acceptors (Lipinski definition) is 6. The number of rotatable bonds is 2. The van der Waals surface area contributed by atoms with E-state index in [1.54, 1.807) is 6.20 Å². The van der Waals surface area contributed by atoms with Crippen LogP contribution in [0.25, 0.3) is 0 Å². The lowest BCUT2D eigenvalue weighted by Crippen LogP contribution is -2.51. The monoisotopic (exact) mass is 621 g/mol. The van der Waals surface area contributed by atoms with E-state index in [-0.39, 0.29) is 34.8 Å². The van der Waals surface area contributed by atoms with E-state index < -0.39 is 0 Å². The molecule has 0 unspecified atom stereocenters. The molecular weight excluding hydrogens is 552 g/mol. The molecule has 4 rings (SSSR count). The van der Waals surface area contributed by atoms with Gasteiger partial charge in [-0.05, 0) is 82.0 Å². The maximum Gasteiger partial charge on any atom is 0.248 e. The third-order valence-electron chi connectivity index (χ3n) is 7.68. The van der Waals surface area contributed by atoms with Gasteiger partial charge in [0.1, 0.15) is 6.61 Å². The molecule has 3 saturated heterocycles. The quantitative estimate of drug-likeness (QED) is 0.479. The van der Waals surface area contributed by atoms with E-state index >= 15 is 0 Å². The summed E-state index contributed by atoms with van der Waals surface area (Å²) in [6.45, 7) is 34.6. The summed E-state index contributed by atoms with van der Waals surface area (Å²) in [6.07, 6.45) is 6.50. The number of nitrogens with zero attached hydrogens (tertiary/aromatic N) is 5. The fraction of sp³-hybridized carbons (Fsp3) is 0.857. The number of hydrogen-bond donors (Lipinski definition) is 1. The summed E-state index contributed by atoms with van der Waals surface area (Å²) in [5.74, 6) is 1.33. The molecule has 3 aliphatic rings. The van der Waals surface area contributed by atoms with Crippen LogP contribution < -0.4 is 5.32 Å². The molecule has 0 atom stereocenters. The van der Waals surface area contributed by atoms with Crippen molar-refractivity contribution in [2.75, 3.05) is 72.6 Å². The van der Waals surface area contributed by atoms with E-state index in [0.717, 1.165) is 38.6 Å². The fourth-order valence-electron chi connectivity index (χ4n) is 5.21. The number of nitrogens with one attached hydrogen (secondary N) is 1. The second-order valence-electron chi connectivity index (χ2n) is 17.1. The Morgan fingerprint density at radius 3 is 1.73 bits per heavy atom.